The van der Waals surface area contributed by atoms with Gasteiger partial charge in [0.1, 0.15) is 6.21 Å². The maximum atomic E-state index is 12.5. The van der Waals surface area contributed by atoms with Crippen LogP contribution in [0.1, 0.15) is 10.4 Å². The number of ketones is 1. The van der Waals surface area contributed by atoms with Crippen molar-refractivity contribution in [3.63, 3.8) is 0 Å². The van der Waals surface area contributed by atoms with E-state index in [0.717, 1.165) is 4.90 Å². The van der Waals surface area contributed by atoms with Crippen LogP contribution in [0.3, 0.4) is 0 Å². The lowest BCUT2D eigenvalue weighted by Crippen LogP contribution is -2.52. The predicted octanol–water partition coefficient (Wildman–Crippen LogP) is 2.47. The SMILES string of the molecule is CN1C(=O)C2C(SCC(=O)c3ccc(Cl)cc3)=CC=NC2=[N+](C)C1=O. The third kappa shape index (κ3) is 3.29. The summed E-state index contributed by atoms with van der Waals surface area (Å²) in [6, 6.07) is 6.25. The van der Waals surface area contributed by atoms with Gasteiger partial charge < -0.3 is 0 Å². The van der Waals surface area contributed by atoms with Gasteiger partial charge in [-0.2, -0.15) is 9.48 Å². The molecule has 2 aliphatic rings. The van der Waals surface area contributed by atoms with Crippen LogP contribution in [0.2, 0.25) is 5.02 Å². The molecule has 1 unspecified atom stereocenters. The number of aliphatic imine (C=N–C) groups is 1. The molecule has 8 heteroatoms. The minimum absolute atomic E-state index is 0.0623. The van der Waals surface area contributed by atoms with Crippen LogP contribution in [0.25, 0.3) is 0 Å². The van der Waals surface area contributed by atoms with E-state index in [1.54, 1.807) is 43.6 Å². The number of amidine groups is 1. The van der Waals surface area contributed by atoms with Gasteiger partial charge >= 0.3 is 11.9 Å². The summed E-state index contributed by atoms with van der Waals surface area (Å²) in [6.07, 6.45) is 3.26. The van der Waals surface area contributed by atoms with Crippen LogP contribution < -0.4 is 0 Å². The average Bonchev–Trinajstić information content (AvgIpc) is 2.62. The zero-order valence-corrected chi connectivity index (χ0v) is 15.2. The number of carbonyl (C=O) groups excluding carboxylic acids is 3. The third-order valence-corrected chi connectivity index (χ3v) is 5.38. The Morgan fingerprint density at radius 2 is 2.00 bits per heavy atom. The van der Waals surface area contributed by atoms with Crippen LogP contribution in [0.4, 0.5) is 4.79 Å². The average molecular weight is 377 g/mol. The van der Waals surface area contributed by atoms with Gasteiger partial charge in [0.05, 0.1) is 19.8 Å². The summed E-state index contributed by atoms with van der Waals surface area (Å²) in [6.45, 7) is 0. The van der Waals surface area contributed by atoms with Gasteiger partial charge in [-0.25, -0.2) is 4.79 Å². The van der Waals surface area contributed by atoms with Crippen LogP contribution in [0, 0.1) is 5.92 Å². The molecule has 1 atom stereocenters. The molecule has 0 N–H and O–H groups in total. The molecule has 1 aromatic carbocycles. The maximum absolute atomic E-state index is 12.5. The quantitative estimate of drug-likeness (QED) is 0.598. The fourth-order valence-electron chi connectivity index (χ4n) is 2.61. The Morgan fingerprint density at radius 1 is 1.32 bits per heavy atom. The molecule has 3 amide bonds. The highest BCUT2D eigenvalue weighted by atomic mass is 35.5. The molecule has 3 rings (SSSR count). The number of hydrogen-bond donors (Lipinski definition) is 0. The number of dihydropyridines is 1. The summed E-state index contributed by atoms with van der Waals surface area (Å²) in [4.78, 5) is 42.8. The number of hydrogen-bond acceptors (Lipinski definition) is 5. The smallest absolute Gasteiger partial charge is 0.293 e. The van der Waals surface area contributed by atoms with Crippen molar-refractivity contribution in [1.29, 1.82) is 0 Å². The van der Waals surface area contributed by atoms with E-state index in [1.165, 1.54) is 23.4 Å². The Hall–Kier alpha value is -2.25. The summed E-state index contributed by atoms with van der Waals surface area (Å²) in [5.41, 5.74) is 0.561. The summed E-state index contributed by atoms with van der Waals surface area (Å²) in [7, 11) is 3.02. The molecule has 0 saturated carbocycles. The molecule has 0 aliphatic carbocycles. The van der Waals surface area contributed by atoms with Crippen molar-refractivity contribution >= 4 is 53.1 Å². The first-order valence-electron chi connectivity index (χ1n) is 7.48. The number of halogens is 1. The second-order valence-corrected chi connectivity index (χ2v) is 7.08. The monoisotopic (exact) mass is 376 g/mol. The van der Waals surface area contributed by atoms with E-state index < -0.39 is 11.9 Å². The van der Waals surface area contributed by atoms with Gasteiger partial charge in [-0.15, -0.1) is 16.8 Å². The third-order valence-electron chi connectivity index (χ3n) is 4.02. The number of benzene rings is 1. The van der Waals surface area contributed by atoms with Gasteiger partial charge in [-0.3, -0.25) is 9.59 Å². The molecule has 0 bridgehead atoms. The minimum Gasteiger partial charge on any atom is -0.293 e. The topological polar surface area (TPSA) is 69.8 Å². The van der Waals surface area contributed by atoms with Crippen molar-refractivity contribution in [2.75, 3.05) is 19.8 Å². The molecule has 0 aromatic heterocycles. The van der Waals surface area contributed by atoms with Gasteiger partial charge in [-0.1, -0.05) is 11.6 Å². The number of Topliss-reactive ketones (excluding diaryl/α,β-unsaturated/α-hetero) is 1. The Morgan fingerprint density at radius 3 is 2.68 bits per heavy atom. The lowest BCUT2D eigenvalue weighted by atomic mass is 10.0. The van der Waals surface area contributed by atoms with Crippen LogP contribution in [0.15, 0.2) is 40.2 Å². The van der Waals surface area contributed by atoms with Crippen LogP contribution in [-0.4, -0.2) is 59.1 Å². The van der Waals surface area contributed by atoms with Crippen LogP contribution in [-0.2, 0) is 4.79 Å². The number of urea groups is 1. The number of allylic oxidation sites excluding steroid dienone is 1. The first-order chi connectivity index (χ1) is 11.9. The Balaban J connectivity index is 1.79. The Bertz CT molecular complexity index is 858. The fourth-order valence-corrected chi connectivity index (χ4v) is 3.73. The number of imide groups is 1. The first-order valence-corrected chi connectivity index (χ1v) is 8.84. The highest BCUT2D eigenvalue weighted by molar-refractivity contribution is 8.03. The van der Waals surface area contributed by atoms with E-state index in [-0.39, 0.29) is 17.4 Å². The van der Waals surface area contributed by atoms with Crippen molar-refractivity contribution in [1.82, 2.24) is 4.90 Å². The Labute approximate surface area is 153 Å². The molecule has 0 saturated heterocycles. The Kier molecular flexibility index (Phi) is 4.87. The minimum atomic E-state index is -0.652. The number of rotatable bonds is 4. The first kappa shape index (κ1) is 17.6. The van der Waals surface area contributed by atoms with Gasteiger partial charge in [0.25, 0.3) is 5.84 Å². The highest BCUT2D eigenvalue weighted by Crippen LogP contribution is 2.32. The number of fused-ring (bicyclic) bond motifs is 1. The number of nitrogens with zero attached hydrogens (tertiary/aromatic N) is 3. The lowest BCUT2D eigenvalue weighted by molar-refractivity contribution is -0.407. The lowest BCUT2D eigenvalue weighted by Gasteiger charge is -2.26. The molecule has 2 heterocycles. The molecular weight excluding hydrogens is 362 g/mol. The predicted molar refractivity (Wildman–Crippen MR) is 97.7 cm³/mol. The van der Waals surface area contributed by atoms with Crippen molar-refractivity contribution in [3.05, 3.63) is 45.8 Å². The second kappa shape index (κ2) is 6.93. The van der Waals surface area contributed by atoms with E-state index in [0.29, 0.717) is 21.3 Å². The molecule has 0 fully saturated rings. The molecule has 128 valence electrons. The van der Waals surface area contributed by atoms with Crippen LogP contribution in [0.5, 0.6) is 0 Å². The summed E-state index contributed by atoms with van der Waals surface area (Å²) in [5.74, 6) is -0.488. The van der Waals surface area contributed by atoms with Gasteiger partial charge in [0.2, 0.25) is 0 Å². The normalized spacial score (nSPS) is 19.9. The zero-order valence-electron chi connectivity index (χ0n) is 13.6. The van der Waals surface area contributed by atoms with Crippen molar-refractivity contribution in [2.45, 2.75) is 0 Å². The van der Waals surface area contributed by atoms with Crippen LogP contribution >= 0.6 is 23.4 Å². The number of thioether (sulfide) groups is 1. The standard InChI is InChI=1S/C17H15ClN3O3S/c1-20-15-14(16(23)21(2)17(20)24)13(7-8-19-15)25-9-12(22)10-3-5-11(18)6-4-10/h3-8,14H,9H2,1-2H3/q+1. The highest BCUT2D eigenvalue weighted by Gasteiger charge is 2.47. The number of carbonyl (C=O) groups is 3. The maximum Gasteiger partial charge on any atom is 0.445 e. The van der Waals surface area contributed by atoms with E-state index in [1.807, 2.05) is 0 Å². The van der Waals surface area contributed by atoms with E-state index in [2.05, 4.69) is 4.99 Å². The molecular formula is C17H15ClN3O3S+. The van der Waals surface area contributed by atoms with Gasteiger partial charge in [0, 0.05) is 15.5 Å². The van der Waals surface area contributed by atoms with E-state index in [9.17, 15) is 14.4 Å². The van der Waals surface area contributed by atoms with Crippen molar-refractivity contribution in [2.24, 2.45) is 10.9 Å². The molecule has 2 aliphatic heterocycles. The summed E-state index contributed by atoms with van der Waals surface area (Å²) < 4.78 is 1.36. The summed E-state index contributed by atoms with van der Waals surface area (Å²) >= 11 is 7.11. The largest absolute Gasteiger partial charge is 0.445 e. The second-order valence-electron chi connectivity index (χ2n) is 5.60. The molecule has 6 nitrogen and oxygen atoms in total. The van der Waals surface area contributed by atoms with E-state index >= 15 is 0 Å². The summed E-state index contributed by atoms with van der Waals surface area (Å²) in [5, 5.41) is 0.568. The van der Waals surface area contributed by atoms with E-state index in [4.69, 9.17) is 11.6 Å². The molecule has 0 radical (unpaired) electrons. The fraction of sp³-hybridized carbons (Fsp3) is 0.235. The molecule has 1 aromatic rings. The molecule has 0 spiro atoms. The van der Waals surface area contributed by atoms with Crippen molar-refractivity contribution in [3.8, 4) is 0 Å². The zero-order chi connectivity index (χ0) is 18.1. The van der Waals surface area contributed by atoms with Crippen molar-refractivity contribution < 1.29 is 19.0 Å². The number of amides is 3. The molecule has 25 heavy (non-hydrogen) atoms. The van der Waals surface area contributed by atoms with Gasteiger partial charge in [0.15, 0.2) is 11.7 Å². The van der Waals surface area contributed by atoms with Gasteiger partial charge in [-0.05, 0) is 30.3 Å².